The highest BCUT2D eigenvalue weighted by atomic mass is 16.5. The highest BCUT2D eigenvalue weighted by Crippen LogP contribution is 2.22. The Hall–Kier alpha value is -1.62. The summed E-state index contributed by atoms with van der Waals surface area (Å²) in [6, 6.07) is 3.84. The number of nitrogens with zero attached hydrogens (tertiary/aromatic N) is 2. The number of anilines is 1. The number of amides is 1. The maximum absolute atomic E-state index is 12.4. The lowest BCUT2D eigenvalue weighted by Gasteiger charge is -2.36. The molecule has 26 heavy (non-hydrogen) atoms. The van der Waals surface area contributed by atoms with Crippen molar-refractivity contribution >= 4 is 11.7 Å². The van der Waals surface area contributed by atoms with Gasteiger partial charge in [0.25, 0.3) is 5.91 Å². The lowest BCUT2D eigenvalue weighted by Crippen LogP contribution is -2.45. The standard InChI is InChI=1S/C21H33N3O2/c1-16-14-24(15-17(2)26-16)20-11-10-19(13-22-20)21(25)23-12-18-8-6-4-3-5-7-9-18/h10-11,13,16-18H,3-9,12,14-15H2,1-2H3,(H,23,25). The summed E-state index contributed by atoms with van der Waals surface area (Å²) in [6.45, 7) is 6.63. The Balaban J connectivity index is 1.51. The van der Waals surface area contributed by atoms with Gasteiger partial charge in [-0.1, -0.05) is 32.1 Å². The maximum atomic E-state index is 12.4. The van der Waals surface area contributed by atoms with Crippen molar-refractivity contribution in [2.75, 3.05) is 24.5 Å². The van der Waals surface area contributed by atoms with Crippen LogP contribution in [0.15, 0.2) is 18.3 Å². The summed E-state index contributed by atoms with van der Waals surface area (Å²) in [5.74, 6) is 1.54. The van der Waals surface area contributed by atoms with Gasteiger partial charge in [0, 0.05) is 25.8 Å². The van der Waals surface area contributed by atoms with Crippen LogP contribution in [-0.4, -0.2) is 42.7 Å². The molecule has 1 aliphatic carbocycles. The Morgan fingerprint density at radius 1 is 1.12 bits per heavy atom. The lowest BCUT2D eigenvalue weighted by atomic mass is 9.91. The number of carbonyl (C=O) groups excluding carboxylic acids is 1. The minimum Gasteiger partial charge on any atom is -0.372 e. The molecule has 1 amide bonds. The van der Waals surface area contributed by atoms with Crippen molar-refractivity contribution in [1.29, 1.82) is 0 Å². The molecule has 0 bridgehead atoms. The molecule has 5 heteroatoms. The second kappa shape index (κ2) is 9.36. The van der Waals surface area contributed by atoms with Crippen molar-refractivity contribution in [1.82, 2.24) is 10.3 Å². The van der Waals surface area contributed by atoms with Crippen molar-refractivity contribution in [2.45, 2.75) is 71.0 Å². The quantitative estimate of drug-likeness (QED) is 0.889. The van der Waals surface area contributed by atoms with E-state index in [1.54, 1.807) is 6.20 Å². The Labute approximate surface area is 157 Å². The molecule has 1 aromatic heterocycles. The molecule has 0 spiro atoms. The van der Waals surface area contributed by atoms with E-state index in [0.29, 0.717) is 11.5 Å². The van der Waals surface area contributed by atoms with Gasteiger partial charge in [-0.2, -0.15) is 0 Å². The van der Waals surface area contributed by atoms with Gasteiger partial charge in [0.15, 0.2) is 0 Å². The number of pyridine rings is 1. The topological polar surface area (TPSA) is 54.5 Å². The molecule has 1 saturated heterocycles. The number of aromatic nitrogens is 1. The number of hydrogen-bond donors (Lipinski definition) is 1. The molecular formula is C21H33N3O2. The van der Waals surface area contributed by atoms with E-state index in [-0.39, 0.29) is 18.1 Å². The molecule has 0 radical (unpaired) electrons. The second-order valence-corrected chi connectivity index (χ2v) is 7.99. The van der Waals surface area contributed by atoms with Gasteiger partial charge in [-0.25, -0.2) is 4.98 Å². The van der Waals surface area contributed by atoms with Gasteiger partial charge in [0.05, 0.1) is 17.8 Å². The van der Waals surface area contributed by atoms with Crippen molar-refractivity contribution in [3.8, 4) is 0 Å². The summed E-state index contributed by atoms with van der Waals surface area (Å²) in [6.07, 6.45) is 11.2. The smallest absolute Gasteiger partial charge is 0.252 e. The molecule has 1 N–H and O–H groups in total. The van der Waals surface area contributed by atoms with E-state index >= 15 is 0 Å². The van der Waals surface area contributed by atoms with Crippen LogP contribution in [0.2, 0.25) is 0 Å². The van der Waals surface area contributed by atoms with Crippen molar-refractivity contribution in [2.24, 2.45) is 5.92 Å². The van der Waals surface area contributed by atoms with Crippen LogP contribution in [0.5, 0.6) is 0 Å². The summed E-state index contributed by atoms with van der Waals surface area (Å²) < 4.78 is 5.77. The predicted octanol–water partition coefficient (Wildman–Crippen LogP) is 3.79. The van der Waals surface area contributed by atoms with Crippen LogP contribution in [0.4, 0.5) is 5.82 Å². The Morgan fingerprint density at radius 3 is 2.38 bits per heavy atom. The average Bonchev–Trinajstić information content (AvgIpc) is 2.60. The largest absolute Gasteiger partial charge is 0.372 e. The van der Waals surface area contributed by atoms with Gasteiger partial charge in [-0.3, -0.25) is 4.79 Å². The van der Waals surface area contributed by atoms with Gasteiger partial charge < -0.3 is 15.0 Å². The highest BCUT2D eigenvalue weighted by Gasteiger charge is 2.23. The molecule has 1 aliphatic heterocycles. The average molecular weight is 360 g/mol. The minimum atomic E-state index is -0.00479. The molecule has 2 heterocycles. The molecule has 144 valence electrons. The van der Waals surface area contributed by atoms with E-state index in [2.05, 4.69) is 29.0 Å². The molecule has 0 aromatic carbocycles. The summed E-state index contributed by atoms with van der Waals surface area (Å²) in [5, 5.41) is 3.12. The van der Waals surface area contributed by atoms with Crippen molar-refractivity contribution < 1.29 is 9.53 Å². The maximum Gasteiger partial charge on any atom is 0.252 e. The molecule has 2 aliphatic rings. The normalized spacial score (nSPS) is 25.4. The van der Waals surface area contributed by atoms with Gasteiger partial charge >= 0.3 is 0 Å². The third-order valence-corrected chi connectivity index (χ3v) is 5.53. The van der Waals surface area contributed by atoms with E-state index in [4.69, 9.17) is 4.74 Å². The lowest BCUT2D eigenvalue weighted by molar-refractivity contribution is -0.00546. The SMILES string of the molecule is CC1CN(c2ccc(C(=O)NCC3CCCCCCC3)cn2)CC(C)O1. The minimum absolute atomic E-state index is 0.00479. The number of rotatable bonds is 4. The first-order valence-corrected chi connectivity index (χ1v) is 10.3. The third kappa shape index (κ3) is 5.44. The summed E-state index contributed by atoms with van der Waals surface area (Å²) in [4.78, 5) is 19.2. The zero-order chi connectivity index (χ0) is 18.4. The van der Waals surface area contributed by atoms with Crippen LogP contribution >= 0.6 is 0 Å². The first-order chi connectivity index (χ1) is 12.6. The summed E-state index contributed by atoms with van der Waals surface area (Å²) in [7, 11) is 0. The number of hydrogen-bond acceptors (Lipinski definition) is 4. The monoisotopic (exact) mass is 359 g/mol. The molecule has 2 fully saturated rings. The number of morpholine rings is 1. The van der Waals surface area contributed by atoms with E-state index in [9.17, 15) is 4.79 Å². The Bertz CT molecular complexity index is 557. The van der Waals surface area contributed by atoms with E-state index in [1.807, 2.05) is 12.1 Å². The van der Waals surface area contributed by atoms with Crippen molar-refractivity contribution in [3.63, 3.8) is 0 Å². The van der Waals surface area contributed by atoms with Crippen LogP contribution in [0, 0.1) is 5.92 Å². The van der Waals surface area contributed by atoms with Crippen LogP contribution in [0.1, 0.15) is 69.2 Å². The molecule has 1 aromatic rings. The fourth-order valence-electron chi connectivity index (χ4n) is 4.16. The van der Waals surface area contributed by atoms with E-state index in [1.165, 1.54) is 44.9 Å². The third-order valence-electron chi connectivity index (χ3n) is 5.53. The fraction of sp³-hybridized carbons (Fsp3) is 0.714. The summed E-state index contributed by atoms with van der Waals surface area (Å²) >= 11 is 0. The van der Waals surface area contributed by atoms with Crippen molar-refractivity contribution in [3.05, 3.63) is 23.9 Å². The molecule has 5 nitrogen and oxygen atoms in total. The molecular weight excluding hydrogens is 326 g/mol. The second-order valence-electron chi connectivity index (χ2n) is 7.99. The van der Waals surface area contributed by atoms with Gasteiger partial charge in [0.2, 0.25) is 0 Å². The Morgan fingerprint density at radius 2 is 1.77 bits per heavy atom. The van der Waals surface area contributed by atoms with Gasteiger partial charge in [0.1, 0.15) is 5.82 Å². The van der Waals surface area contributed by atoms with E-state index in [0.717, 1.165) is 25.5 Å². The molecule has 2 atom stereocenters. The zero-order valence-corrected chi connectivity index (χ0v) is 16.2. The van der Waals surface area contributed by atoms with Gasteiger partial charge in [-0.15, -0.1) is 0 Å². The zero-order valence-electron chi connectivity index (χ0n) is 16.2. The number of ether oxygens (including phenoxy) is 1. The highest BCUT2D eigenvalue weighted by molar-refractivity contribution is 5.94. The van der Waals surface area contributed by atoms with Gasteiger partial charge in [-0.05, 0) is 44.7 Å². The first-order valence-electron chi connectivity index (χ1n) is 10.3. The number of carbonyl (C=O) groups is 1. The first kappa shape index (κ1) is 19.2. The van der Waals surface area contributed by atoms with Crippen LogP contribution in [0.25, 0.3) is 0 Å². The fourth-order valence-corrected chi connectivity index (χ4v) is 4.16. The van der Waals surface area contributed by atoms with Crippen LogP contribution in [0.3, 0.4) is 0 Å². The van der Waals surface area contributed by atoms with Crippen LogP contribution in [-0.2, 0) is 4.74 Å². The van der Waals surface area contributed by atoms with E-state index < -0.39 is 0 Å². The predicted molar refractivity (Wildman–Crippen MR) is 105 cm³/mol. The summed E-state index contributed by atoms with van der Waals surface area (Å²) in [5.41, 5.74) is 0.647. The molecule has 1 saturated carbocycles. The Kier molecular flexibility index (Phi) is 6.89. The molecule has 2 unspecified atom stereocenters. The number of nitrogens with one attached hydrogen (secondary N) is 1. The van der Waals surface area contributed by atoms with Crippen LogP contribution < -0.4 is 10.2 Å². The molecule has 3 rings (SSSR count).